The molecule has 16 heavy (non-hydrogen) atoms. The lowest BCUT2D eigenvalue weighted by molar-refractivity contribution is -0.126. The van der Waals surface area contributed by atoms with Gasteiger partial charge in [-0.05, 0) is 30.3 Å². The normalized spacial score (nSPS) is 26.4. The van der Waals surface area contributed by atoms with Gasteiger partial charge in [-0.15, -0.1) is 0 Å². The van der Waals surface area contributed by atoms with Crippen molar-refractivity contribution in [2.75, 3.05) is 20.2 Å². The number of hydrogen-bond acceptors (Lipinski definition) is 3. The zero-order valence-electron chi connectivity index (χ0n) is 12.0. The maximum Gasteiger partial charge on any atom is 0.292 e. The second-order valence-electron chi connectivity index (χ2n) is 4.02. The van der Waals surface area contributed by atoms with Crippen LogP contribution in [-0.2, 0) is 9.53 Å². The van der Waals surface area contributed by atoms with Gasteiger partial charge in [-0.25, -0.2) is 0 Å². The van der Waals surface area contributed by atoms with Crippen LogP contribution in [0.2, 0.25) is 0 Å². The summed E-state index contributed by atoms with van der Waals surface area (Å²) in [6.45, 7) is 15.7. The minimum absolute atomic E-state index is 0.375. The fraction of sp³-hybridized carbons (Fsp3) is 0.923. The predicted molar refractivity (Wildman–Crippen MR) is 69.4 cm³/mol. The van der Waals surface area contributed by atoms with E-state index in [0.717, 1.165) is 11.8 Å². The van der Waals surface area contributed by atoms with E-state index in [1.165, 1.54) is 20.2 Å². The van der Waals surface area contributed by atoms with Crippen molar-refractivity contribution in [2.24, 2.45) is 17.3 Å². The largest absolute Gasteiger partial charge is 0.471 e. The SMILES string of the molecule is CC.CC.CC1(C)C2CNCC21.COC=O. The average molecular weight is 231 g/mol. The highest BCUT2D eigenvalue weighted by atomic mass is 16.5. The minimum Gasteiger partial charge on any atom is -0.471 e. The molecular formula is C13H29NO2. The molecule has 0 bridgehead atoms. The van der Waals surface area contributed by atoms with Crippen molar-refractivity contribution >= 4 is 6.47 Å². The highest BCUT2D eigenvalue weighted by Gasteiger charge is 2.59. The smallest absolute Gasteiger partial charge is 0.292 e. The maximum atomic E-state index is 8.95. The topological polar surface area (TPSA) is 38.3 Å². The Labute approximate surface area is 101 Å². The number of fused-ring (bicyclic) bond motifs is 1. The quantitative estimate of drug-likeness (QED) is 0.705. The van der Waals surface area contributed by atoms with Gasteiger partial charge in [0.25, 0.3) is 6.47 Å². The minimum atomic E-state index is 0.375. The van der Waals surface area contributed by atoms with E-state index in [4.69, 9.17) is 4.79 Å². The fourth-order valence-corrected chi connectivity index (χ4v) is 2.06. The molecular weight excluding hydrogens is 202 g/mol. The molecule has 3 nitrogen and oxygen atoms in total. The first-order chi connectivity index (χ1) is 7.64. The van der Waals surface area contributed by atoms with E-state index in [1.807, 2.05) is 27.7 Å². The van der Waals surface area contributed by atoms with Crippen LogP contribution < -0.4 is 5.32 Å². The zero-order chi connectivity index (χ0) is 13.2. The van der Waals surface area contributed by atoms with Gasteiger partial charge in [-0.2, -0.15) is 0 Å². The Morgan fingerprint density at radius 1 is 1.12 bits per heavy atom. The van der Waals surface area contributed by atoms with Crippen LogP contribution in [0.3, 0.4) is 0 Å². The third-order valence-electron chi connectivity index (χ3n) is 3.11. The summed E-state index contributed by atoms with van der Waals surface area (Å²) < 4.78 is 3.86. The summed E-state index contributed by atoms with van der Waals surface area (Å²) in [5, 5.41) is 3.38. The van der Waals surface area contributed by atoms with Crippen LogP contribution in [-0.4, -0.2) is 26.7 Å². The number of nitrogens with one attached hydrogen (secondary N) is 1. The number of methoxy groups -OCH3 is 1. The Bertz CT molecular complexity index is 157. The van der Waals surface area contributed by atoms with E-state index in [-0.39, 0.29) is 0 Å². The summed E-state index contributed by atoms with van der Waals surface area (Å²) in [5.74, 6) is 2.03. The summed E-state index contributed by atoms with van der Waals surface area (Å²) in [5.41, 5.74) is 0.700. The van der Waals surface area contributed by atoms with Crippen molar-refractivity contribution in [3.05, 3.63) is 0 Å². The molecule has 1 saturated carbocycles. The first-order valence-corrected chi connectivity index (χ1v) is 6.31. The summed E-state index contributed by atoms with van der Waals surface area (Å²) in [6, 6.07) is 0. The van der Waals surface area contributed by atoms with Crippen LogP contribution in [0.5, 0.6) is 0 Å². The second kappa shape index (κ2) is 9.64. The van der Waals surface area contributed by atoms with E-state index in [9.17, 15) is 0 Å². The fourth-order valence-electron chi connectivity index (χ4n) is 2.06. The van der Waals surface area contributed by atoms with E-state index in [0.29, 0.717) is 11.9 Å². The third kappa shape index (κ3) is 4.97. The van der Waals surface area contributed by atoms with Gasteiger partial charge < -0.3 is 10.1 Å². The molecule has 2 unspecified atom stereocenters. The van der Waals surface area contributed by atoms with Crippen molar-refractivity contribution in [2.45, 2.75) is 41.5 Å². The van der Waals surface area contributed by atoms with Crippen LogP contribution in [0.1, 0.15) is 41.5 Å². The second-order valence-corrected chi connectivity index (χ2v) is 4.02. The van der Waals surface area contributed by atoms with Crippen LogP contribution in [0.4, 0.5) is 0 Å². The lowest BCUT2D eigenvalue weighted by Crippen LogP contribution is -2.17. The molecule has 0 spiro atoms. The van der Waals surface area contributed by atoms with Gasteiger partial charge in [0.2, 0.25) is 0 Å². The molecule has 3 heteroatoms. The molecule has 2 rings (SSSR count). The van der Waals surface area contributed by atoms with Crippen molar-refractivity contribution < 1.29 is 9.53 Å². The molecule has 2 atom stereocenters. The van der Waals surface area contributed by atoms with Crippen molar-refractivity contribution in [1.82, 2.24) is 5.32 Å². The monoisotopic (exact) mass is 231 g/mol. The van der Waals surface area contributed by atoms with Gasteiger partial charge in [-0.3, -0.25) is 4.79 Å². The van der Waals surface area contributed by atoms with Gasteiger partial charge in [0.1, 0.15) is 0 Å². The van der Waals surface area contributed by atoms with Crippen LogP contribution >= 0.6 is 0 Å². The number of carbonyl (C=O) groups is 1. The van der Waals surface area contributed by atoms with E-state index >= 15 is 0 Å². The van der Waals surface area contributed by atoms with Crippen molar-refractivity contribution in [1.29, 1.82) is 0 Å². The van der Waals surface area contributed by atoms with E-state index in [2.05, 4.69) is 23.9 Å². The highest BCUT2D eigenvalue weighted by molar-refractivity contribution is 5.36. The molecule has 0 aromatic rings. The molecule has 1 aliphatic heterocycles. The van der Waals surface area contributed by atoms with Crippen LogP contribution in [0.25, 0.3) is 0 Å². The highest BCUT2D eigenvalue weighted by Crippen LogP contribution is 2.59. The third-order valence-corrected chi connectivity index (χ3v) is 3.11. The van der Waals surface area contributed by atoms with Crippen LogP contribution in [0, 0.1) is 17.3 Å². The van der Waals surface area contributed by atoms with Gasteiger partial charge in [-0.1, -0.05) is 41.5 Å². The summed E-state index contributed by atoms with van der Waals surface area (Å²) in [7, 11) is 1.31. The van der Waals surface area contributed by atoms with Gasteiger partial charge in [0.05, 0.1) is 7.11 Å². The average Bonchev–Trinajstić information content (AvgIpc) is 2.77. The van der Waals surface area contributed by atoms with Gasteiger partial charge in [0, 0.05) is 0 Å². The molecule has 1 aliphatic carbocycles. The number of ether oxygens (including phenoxy) is 1. The zero-order valence-corrected chi connectivity index (χ0v) is 12.0. The Morgan fingerprint density at radius 2 is 1.44 bits per heavy atom. The molecule has 0 radical (unpaired) electrons. The molecule has 0 amide bonds. The number of carbonyl (C=O) groups excluding carboxylic acids is 1. The summed E-state index contributed by atoms with van der Waals surface area (Å²) >= 11 is 0. The Hall–Kier alpha value is -0.570. The molecule has 2 aliphatic rings. The first-order valence-electron chi connectivity index (χ1n) is 6.31. The molecule has 1 saturated heterocycles. The van der Waals surface area contributed by atoms with Crippen molar-refractivity contribution in [3.8, 4) is 0 Å². The summed E-state index contributed by atoms with van der Waals surface area (Å²) in [4.78, 5) is 8.95. The lowest BCUT2D eigenvalue weighted by atomic mass is 10.1. The van der Waals surface area contributed by atoms with Crippen molar-refractivity contribution in [3.63, 3.8) is 0 Å². The Kier molecular flexibility index (Phi) is 10.7. The lowest BCUT2D eigenvalue weighted by Gasteiger charge is -2.06. The van der Waals surface area contributed by atoms with Crippen LogP contribution in [0.15, 0.2) is 0 Å². The predicted octanol–water partition coefficient (Wildman–Crippen LogP) is 2.70. The maximum absolute atomic E-state index is 8.95. The molecule has 0 aromatic heterocycles. The number of hydrogen-bond donors (Lipinski definition) is 1. The first kappa shape index (κ1) is 17.8. The number of piperidine rings is 1. The summed E-state index contributed by atoms with van der Waals surface area (Å²) in [6.07, 6.45) is 0. The van der Waals surface area contributed by atoms with Gasteiger partial charge >= 0.3 is 0 Å². The molecule has 0 aromatic carbocycles. The number of rotatable bonds is 1. The molecule has 1 N–H and O–H groups in total. The molecule has 98 valence electrons. The van der Waals surface area contributed by atoms with Gasteiger partial charge in [0.15, 0.2) is 0 Å². The Balaban J connectivity index is 0. The van der Waals surface area contributed by atoms with E-state index < -0.39 is 0 Å². The molecule has 2 fully saturated rings. The van der Waals surface area contributed by atoms with E-state index in [1.54, 1.807) is 0 Å². The molecule has 1 heterocycles. The standard InChI is InChI=1S/C7H13N.C2H4O2.2C2H6/c1-7(2)5-3-8-4-6(5)7;1-4-2-3;2*1-2/h5-6,8H,3-4H2,1-2H3;2H,1H3;2*1-2H3. The Morgan fingerprint density at radius 3 is 1.56 bits per heavy atom.